The topological polar surface area (TPSA) is 77.2 Å². The van der Waals surface area contributed by atoms with E-state index in [0.717, 1.165) is 18.8 Å². The van der Waals surface area contributed by atoms with Crippen LogP contribution in [-0.4, -0.2) is 17.4 Å². The van der Waals surface area contributed by atoms with Crippen molar-refractivity contribution in [3.8, 4) is 11.6 Å². The van der Waals surface area contributed by atoms with Crippen LogP contribution in [0.25, 0.3) is 0 Å². The fourth-order valence-corrected chi connectivity index (χ4v) is 1.70. The summed E-state index contributed by atoms with van der Waals surface area (Å²) < 4.78 is 5.64. The number of rotatable bonds is 6. The number of anilines is 1. The first-order valence-electron chi connectivity index (χ1n) is 6.48. The molecule has 0 saturated carbocycles. The fraction of sp³-hybridized carbons (Fsp3) is 0.200. The van der Waals surface area contributed by atoms with E-state index in [2.05, 4.69) is 17.2 Å². The summed E-state index contributed by atoms with van der Waals surface area (Å²) in [4.78, 5) is 15.7. The van der Waals surface area contributed by atoms with Crippen molar-refractivity contribution in [1.82, 2.24) is 4.98 Å². The van der Waals surface area contributed by atoms with Gasteiger partial charge in [-0.3, -0.25) is 4.79 Å². The molecule has 2 aromatic rings. The van der Waals surface area contributed by atoms with E-state index in [0.29, 0.717) is 17.2 Å². The average Bonchev–Trinajstić information content (AvgIpc) is 2.46. The minimum Gasteiger partial charge on any atom is -0.438 e. The molecule has 0 bridgehead atoms. The number of primary amides is 1. The van der Waals surface area contributed by atoms with Gasteiger partial charge in [0.1, 0.15) is 11.6 Å². The molecular weight excluding hydrogens is 254 g/mol. The highest BCUT2D eigenvalue weighted by molar-refractivity contribution is 5.95. The molecule has 5 heteroatoms. The minimum absolute atomic E-state index is 0.334. The minimum atomic E-state index is -0.527. The lowest BCUT2D eigenvalue weighted by atomic mass is 10.2. The Morgan fingerprint density at radius 3 is 2.80 bits per heavy atom. The van der Waals surface area contributed by atoms with Gasteiger partial charge in [-0.2, -0.15) is 4.98 Å². The van der Waals surface area contributed by atoms with E-state index in [1.165, 1.54) is 0 Å². The van der Waals surface area contributed by atoms with Gasteiger partial charge in [-0.05, 0) is 24.6 Å². The Kier molecular flexibility index (Phi) is 4.55. The summed E-state index contributed by atoms with van der Waals surface area (Å²) in [7, 11) is 0. The first-order valence-corrected chi connectivity index (χ1v) is 6.48. The van der Waals surface area contributed by atoms with E-state index in [4.69, 9.17) is 10.5 Å². The number of pyridine rings is 1. The largest absolute Gasteiger partial charge is 0.438 e. The van der Waals surface area contributed by atoms with Gasteiger partial charge in [0.05, 0.1) is 5.56 Å². The Balaban J connectivity index is 2.20. The predicted octanol–water partition coefficient (Wildman–Crippen LogP) is 2.79. The third kappa shape index (κ3) is 3.47. The molecule has 1 aromatic heterocycles. The Morgan fingerprint density at radius 2 is 2.05 bits per heavy atom. The van der Waals surface area contributed by atoms with Crippen LogP contribution in [0.3, 0.4) is 0 Å². The summed E-state index contributed by atoms with van der Waals surface area (Å²) in [5, 5.41) is 3.18. The number of amides is 1. The van der Waals surface area contributed by atoms with Crippen LogP contribution < -0.4 is 15.8 Å². The van der Waals surface area contributed by atoms with Crippen LogP contribution in [0.1, 0.15) is 23.7 Å². The van der Waals surface area contributed by atoms with Crippen molar-refractivity contribution < 1.29 is 9.53 Å². The third-order valence-electron chi connectivity index (χ3n) is 2.65. The molecule has 3 N–H and O–H groups in total. The summed E-state index contributed by atoms with van der Waals surface area (Å²) in [6, 6.07) is 12.3. The van der Waals surface area contributed by atoms with Crippen LogP contribution in [0.15, 0.2) is 42.5 Å². The van der Waals surface area contributed by atoms with Crippen molar-refractivity contribution in [3.05, 3.63) is 48.0 Å². The maximum atomic E-state index is 11.3. The molecule has 5 nitrogen and oxygen atoms in total. The lowest BCUT2D eigenvalue weighted by Crippen LogP contribution is -2.12. The lowest BCUT2D eigenvalue weighted by Gasteiger charge is -2.09. The monoisotopic (exact) mass is 271 g/mol. The maximum Gasteiger partial charge on any atom is 0.252 e. The molecule has 20 heavy (non-hydrogen) atoms. The van der Waals surface area contributed by atoms with Crippen molar-refractivity contribution in [3.63, 3.8) is 0 Å². The van der Waals surface area contributed by atoms with Gasteiger partial charge in [0.2, 0.25) is 5.88 Å². The van der Waals surface area contributed by atoms with Crippen molar-refractivity contribution in [2.24, 2.45) is 5.73 Å². The third-order valence-corrected chi connectivity index (χ3v) is 2.65. The van der Waals surface area contributed by atoms with Gasteiger partial charge in [-0.1, -0.05) is 25.1 Å². The highest BCUT2D eigenvalue weighted by atomic mass is 16.5. The molecule has 0 aliphatic rings. The quantitative estimate of drug-likeness (QED) is 0.847. The van der Waals surface area contributed by atoms with Crippen LogP contribution in [0.4, 0.5) is 5.82 Å². The number of hydrogen-bond acceptors (Lipinski definition) is 4. The first kappa shape index (κ1) is 13.9. The van der Waals surface area contributed by atoms with Gasteiger partial charge in [-0.25, -0.2) is 0 Å². The Morgan fingerprint density at radius 1 is 1.25 bits per heavy atom. The zero-order valence-electron chi connectivity index (χ0n) is 11.3. The zero-order valence-corrected chi connectivity index (χ0v) is 11.3. The fourth-order valence-electron chi connectivity index (χ4n) is 1.70. The summed E-state index contributed by atoms with van der Waals surface area (Å²) in [6.07, 6.45) is 1.01. The second-order valence-electron chi connectivity index (χ2n) is 4.25. The van der Waals surface area contributed by atoms with Crippen LogP contribution >= 0.6 is 0 Å². The van der Waals surface area contributed by atoms with E-state index < -0.39 is 5.91 Å². The molecule has 1 heterocycles. The van der Waals surface area contributed by atoms with Gasteiger partial charge in [0.15, 0.2) is 0 Å². The van der Waals surface area contributed by atoms with Crippen LogP contribution in [0.2, 0.25) is 0 Å². The van der Waals surface area contributed by atoms with Crippen LogP contribution in [0.5, 0.6) is 11.6 Å². The van der Waals surface area contributed by atoms with Gasteiger partial charge in [0.25, 0.3) is 5.91 Å². The second-order valence-corrected chi connectivity index (χ2v) is 4.25. The SMILES string of the molecule is CCCNc1cccc(Oc2ccccc2C(N)=O)n1. The van der Waals surface area contributed by atoms with Gasteiger partial charge < -0.3 is 15.8 Å². The molecule has 1 amide bonds. The van der Waals surface area contributed by atoms with E-state index >= 15 is 0 Å². The van der Waals surface area contributed by atoms with Crippen molar-refractivity contribution in [2.45, 2.75) is 13.3 Å². The Hall–Kier alpha value is -2.56. The zero-order chi connectivity index (χ0) is 14.4. The number of hydrogen-bond donors (Lipinski definition) is 2. The lowest BCUT2D eigenvalue weighted by molar-refractivity contribution is 0.0998. The normalized spacial score (nSPS) is 10.1. The highest BCUT2D eigenvalue weighted by Gasteiger charge is 2.09. The van der Waals surface area contributed by atoms with E-state index in [-0.39, 0.29) is 0 Å². The molecule has 0 aliphatic carbocycles. The highest BCUT2D eigenvalue weighted by Crippen LogP contribution is 2.24. The molecule has 0 radical (unpaired) electrons. The number of nitrogens with two attached hydrogens (primary N) is 1. The maximum absolute atomic E-state index is 11.3. The Bertz CT molecular complexity index is 599. The molecule has 0 atom stereocenters. The molecule has 0 spiro atoms. The van der Waals surface area contributed by atoms with Gasteiger partial charge in [-0.15, -0.1) is 0 Å². The predicted molar refractivity (Wildman–Crippen MR) is 78.1 cm³/mol. The Labute approximate surface area is 117 Å². The van der Waals surface area contributed by atoms with E-state index in [1.54, 1.807) is 30.3 Å². The van der Waals surface area contributed by atoms with E-state index in [1.807, 2.05) is 12.1 Å². The second kappa shape index (κ2) is 6.56. The molecule has 0 saturated heterocycles. The summed E-state index contributed by atoms with van der Waals surface area (Å²) >= 11 is 0. The number of aromatic nitrogens is 1. The van der Waals surface area contributed by atoms with Crippen molar-refractivity contribution in [1.29, 1.82) is 0 Å². The summed E-state index contributed by atoms with van der Waals surface area (Å²) in [5.41, 5.74) is 5.65. The number of para-hydroxylation sites is 1. The molecule has 0 aliphatic heterocycles. The number of carbonyl (C=O) groups excluding carboxylic acids is 1. The van der Waals surface area contributed by atoms with E-state index in [9.17, 15) is 4.79 Å². The van der Waals surface area contributed by atoms with Crippen molar-refractivity contribution in [2.75, 3.05) is 11.9 Å². The molecule has 2 rings (SSSR count). The number of nitrogens with zero attached hydrogens (tertiary/aromatic N) is 1. The van der Waals surface area contributed by atoms with Crippen LogP contribution in [0, 0.1) is 0 Å². The standard InChI is InChI=1S/C15H17N3O2/c1-2-10-17-13-8-5-9-14(18-13)20-12-7-4-3-6-11(12)15(16)19/h3-9H,2,10H2,1H3,(H2,16,19)(H,17,18). The summed E-state index contributed by atoms with van der Waals surface area (Å²) in [6.45, 7) is 2.92. The number of nitrogens with one attached hydrogen (secondary N) is 1. The molecule has 0 fully saturated rings. The first-order chi connectivity index (χ1) is 9.70. The number of carbonyl (C=O) groups is 1. The average molecular weight is 271 g/mol. The van der Waals surface area contributed by atoms with Crippen LogP contribution in [-0.2, 0) is 0 Å². The molecule has 0 unspecified atom stereocenters. The smallest absolute Gasteiger partial charge is 0.252 e. The molecule has 104 valence electrons. The number of ether oxygens (including phenoxy) is 1. The van der Waals surface area contributed by atoms with Gasteiger partial charge in [0, 0.05) is 12.6 Å². The van der Waals surface area contributed by atoms with Gasteiger partial charge >= 0.3 is 0 Å². The van der Waals surface area contributed by atoms with Crippen molar-refractivity contribution >= 4 is 11.7 Å². The molecular formula is C15H17N3O2. The summed E-state index contributed by atoms with van der Waals surface area (Å²) in [5.74, 6) is 1.03. The molecule has 1 aromatic carbocycles. The number of benzene rings is 1.